The number of hydrogen-bond acceptors (Lipinski definition) is 5. The van der Waals surface area contributed by atoms with Crippen molar-refractivity contribution in [1.29, 1.82) is 0 Å². The number of aromatic nitrogens is 2. The summed E-state index contributed by atoms with van der Waals surface area (Å²) < 4.78 is 13.5. The Balaban J connectivity index is 1.77. The van der Waals surface area contributed by atoms with Crippen molar-refractivity contribution >= 4 is 29.1 Å². The summed E-state index contributed by atoms with van der Waals surface area (Å²) in [4.78, 5) is 31.7. The van der Waals surface area contributed by atoms with Gasteiger partial charge in [0.1, 0.15) is 5.82 Å². The van der Waals surface area contributed by atoms with E-state index in [-0.39, 0.29) is 11.3 Å². The van der Waals surface area contributed by atoms with E-state index < -0.39 is 17.6 Å². The van der Waals surface area contributed by atoms with E-state index in [2.05, 4.69) is 20.6 Å². The summed E-state index contributed by atoms with van der Waals surface area (Å²) in [7, 11) is 0. The third-order valence-electron chi connectivity index (χ3n) is 3.44. The second-order valence-corrected chi connectivity index (χ2v) is 5.29. The molecule has 0 spiro atoms. The summed E-state index contributed by atoms with van der Waals surface area (Å²) in [5.74, 6) is -1.68. The lowest BCUT2D eigenvalue weighted by atomic mass is 10.1. The van der Waals surface area contributed by atoms with Crippen molar-refractivity contribution in [2.45, 2.75) is 0 Å². The van der Waals surface area contributed by atoms with Gasteiger partial charge in [0, 0.05) is 29.3 Å². The Morgan fingerprint density at radius 2 is 1.73 bits per heavy atom. The Hall–Kier alpha value is -3.81. The van der Waals surface area contributed by atoms with Gasteiger partial charge in [0.05, 0.1) is 5.56 Å². The minimum atomic E-state index is -0.910. The van der Waals surface area contributed by atoms with Gasteiger partial charge in [-0.3, -0.25) is 9.59 Å². The Kier molecular flexibility index (Phi) is 4.84. The summed E-state index contributed by atoms with van der Waals surface area (Å²) in [6, 6.07) is 12.0. The smallest absolute Gasteiger partial charge is 0.255 e. The third kappa shape index (κ3) is 3.99. The van der Waals surface area contributed by atoms with E-state index in [4.69, 9.17) is 5.73 Å². The first-order chi connectivity index (χ1) is 12.5. The maximum absolute atomic E-state index is 13.5. The van der Waals surface area contributed by atoms with Crippen LogP contribution in [0, 0.1) is 5.82 Å². The molecule has 0 saturated carbocycles. The summed E-state index contributed by atoms with van der Waals surface area (Å²) >= 11 is 0. The molecule has 0 bridgehead atoms. The predicted molar refractivity (Wildman–Crippen MR) is 94.6 cm³/mol. The van der Waals surface area contributed by atoms with Crippen LogP contribution in [0.5, 0.6) is 0 Å². The molecule has 1 heterocycles. The molecule has 0 radical (unpaired) electrons. The first kappa shape index (κ1) is 17.0. The third-order valence-corrected chi connectivity index (χ3v) is 3.44. The van der Waals surface area contributed by atoms with E-state index >= 15 is 0 Å². The minimum absolute atomic E-state index is 0.259. The average Bonchev–Trinajstić information content (AvgIpc) is 2.64. The van der Waals surface area contributed by atoms with Crippen molar-refractivity contribution in [2.24, 2.45) is 5.73 Å². The van der Waals surface area contributed by atoms with Crippen molar-refractivity contribution in [3.8, 4) is 0 Å². The van der Waals surface area contributed by atoms with E-state index in [1.54, 1.807) is 42.7 Å². The molecule has 2 amide bonds. The molecule has 0 aliphatic carbocycles. The number of halogens is 1. The van der Waals surface area contributed by atoms with Gasteiger partial charge in [-0.25, -0.2) is 14.4 Å². The van der Waals surface area contributed by atoms with E-state index in [9.17, 15) is 14.0 Å². The molecular formula is C18H14FN5O2. The zero-order chi connectivity index (χ0) is 18.5. The molecule has 0 fully saturated rings. The van der Waals surface area contributed by atoms with Crippen LogP contribution in [0.4, 0.5) is 21.7 Å². The number of hydrogen-bond donors (Lipinski definition) is 3. The molecule has 26 heavy (non-hydrogen) atoms. The summed E-state index contributed by atoms with van der Waals surface area (Å²) in [5.41, 5.74) is 6.06. The molecule has 3 rings (SSSR count). The van der Waals surface area contributed by atoms with Crippen LogP contribution in [0.1, 0.15) is 20.7 Å². The summed E-state index contributed by atoms with van der Waals surface area (Å²) in [6.45, 7) is 0. The average molecular weight is 351 g/mol. The number of nitrogens with two attached hydrogens (primary N) is 1. The Labute approximate surface area is 148 Å². The number of primary amides is 1. The molecule has 8 heteroatoms. The fourth-order valence-corrected chi connectivity index (χ4v) is 2.23. The van der Waals surface area contributed by atoms with Gasteiger partial charge < -0.3 is 16.4 Å². The highest BCUT2D eigenvalue weighted by Crippen LogP contribution is 2.18. The van der Waals surface area contributed by atoms with Crippen LogP contribution in [0.3, 0.4) is 0 Å². The van der Waals surface area contributed by atoms with Crippen LogP contribution in [-0.4, -0.2) is 21.8 Å². The minimum Gasteiger partial charge on any atom is -0.366 e. The highest BCUT2D eigenvalue weighted by atomic mass is 19.1. The number of nitrogens with zero attached hydrogens (tertiary/aromatic N) is 2. The van der Waals surface area contributed by atoms with Gasteiger partial charge in [0.2, 0.25) is 5.95 Å². The van der Waals surface area contributed by atoms with Gasteiger partial charge in [0.25, 0.3) is 11.8 Å². The maximum atomic E-state index is 13.5. The number of anilines is 3. The maximum Gasteiger partial charge on any atom is 0.255 e. The standard InChI is InChI=1S/C18H14FN5O2/c19-15-6-5-13(10-14(15)16(20)25)23-17(26)11-3-1-4-12(9-11)24-18-21-7-2-8-22-18/h1-10H,(H2,20,25)(H,23,26)(H,21,22,24). The van der Waals surface area contributed by atoms with Gasteiger partial charge in [-0.05, 0) is 42.5 Å². The van der Waals surface area contributed by atoms with Crippen LogP contribution in [0.15, 0.2) is 60.9 Å². The zero-order valence-corrected chi connectivity index (χ0v) is 13.4. The van der Waals surface area contributed by atoms with Gasteiger partial charge in [-0.2, -0.15) is 0 Å². The number of rotatable bonds is 5. The van der Waals surface area contributed by atoms with Crippen LogP contribution in [0.25, 0.3) is 0 Å². The topological polar surface area (TPSA) is 110 Å². The molecule has 7 nitrogen and oxygen atoms in total. The molecule has 2 aromatic carbocycles. The number of benzene rings is 2. The fourth-order valence-electron chi connectivity index (χ4n) is 2.23. The highest BCUT2D eigenvalue weighted by molar-refractivity contribution is 6.05. The molecule has 0 aliphatic heterocycles. The number of carbonyl (C=O) groups excluding carboxylic acids is 2. The van der Waals surface area contributed by atoms with Crippen molar-refractivity contribution < 1.29 is 14.0 Å². The molecule has 0 atom stereocenters. The van der Waals surface area contributed by atoms with E-state index in [1.807, 2.05) is 0 Å². The number of nitrogens with one attached hydrogen (secondary N) is 2. The normalized spacial score (nSPS) is 10.2. The molecule has 0 aliphatic rings. The highest BCUT2D eigenvalue weighted by Gasteiger charge is 2.12. The van der Waals surface area contributed by atoms with E-state index in [0.717, 1.165) is 6.07 Å². The van der Waals surface area contributed by atoms with Gasteiger partial charge in [0.15, 0.2) is 0 Å². The number of amides is 2. The van der Waals surface area contributed by atoms with E-state index in [0.29, 0.717) is 17.2 Å². The van der Waals surface area contributed by atoms with Gasteiger partial charge in [-0.15, -0.1) is 0 Å². The van der Waals surface area contributed by atoms with Crippen LogP contribution < -0.4 is 16.4 Å². The SMILES string of the molecule is NC(=O)c1cc(NC(=O)c2cccc(Nc3ncccn3)c2)ccc1F. The first-order valence-corrected chi connectivity index (χ1v) is 7.58. The van der Waals surface area contributed by atoms with Crippen LogP contribution >= 0.6 is 0 Å². The predicted octanol–water partition coefficient (Wildman–Crippen LogP) is 2.71. The molecule has 0 unspecified atom stereocenters. The largest absolute Gasteiger partial charge is 0.366 e. The lowest BCUT2D eigenvalue weighted by Gasteiger charge is -2.09. The number of carbonyl (C=O) groups is 2. The lowest BCUT2D eigenvalue weighted by Crippen LogP contribution is -2.16. The van der Waals surface area contributed by atoms with Gasteiger partial charge >= 0.3 is 0 Å². The van der Waals surface area contributed by atoms with Crippen molar-refractivity contribution in [3.63, 3.8) is 0 Å². The van der Waals surface area contributed by atoms with Crippen LogP contribution in [0.2, 0.25) is 0 Å². The summed E-state index contributed by atoms with van der Waals surface area (Å²) in [5, 5.41) is 5.58. The monoisotopic (exact) mass is 351 g/mol. The lowest BCUT2D eigenvalue weighted by molar-refractivity contribution is 0.0992. The summed E-state index contributed by atoms with van der Waals surface area (Å²) in [6.07, 6.45) is 3.19. The second-order valence-electron chi connectivity index (χ2n) is 5.29. The molecule has 130 valence electrons. The van der Waals surface area contributed by atoms with Crippen molar-refractivity contribution in [2.75, 3.05) is 10.6 Å². The molecule has 4 N–H and O–H groups in total. The second kappa shape index (κ2) is 7.39. The van der Waals surface area contributed by atoms with Crippen LogP contribution in [-0.2, 0) is 0 Å². The zero-order valence-electron chi connectivity index (χ0n) is 13.4. The molecular weight excluding hydrogens is 337 g/mol. The van der Waals surface area contributed by atoms with Crippen molar-refractivity contribution in [1.82, 2.24) is 9.97 Å². The fraction of sp³-hybridized carbons (Fsp3) is 0. The van der Waals surface area contributed by atoms with Gasteiger partial charge in [-0.1, -0.05) is 6.07 Å². The van der Waals surface area contributed by atoms with Crippen molar-refractivity contribution in [3.05, 3.63) is 77.9 Å². The molecule has 0 saturated heterocycles. The Bertz CT molecular complexity index is 963. The van der Waals surface area contributed by atoms with E-state index in [1.165, 1.54) is 12.1 Å². The molecule has 3 aromatic rings. The Morgan fingerprint density at radius 1 is 0.962 bits per heavy atom. The quantitative estimate of drug-likeness (QED) is 0.655. The first-order valence-electron chi connectivity index (χ1n) is 7.58. The Morgan fingerprint density at radius 3 is 2.46 bits per heavy atom. The molecule has 1 aromatic heterocycles.